The Kier molecular flexibility index (Phi) is 4.77. The Morgan fingerprint density at radius 1 is 1.05 bits per heavy atom. The minimum atomic E-state index is -3.69. The third kappa shape index (κ3) is 4.14. The van der Waals surface area contributed by atoms with Gasteiger partial charge in [-0.05, 0) is 43.3 Å². The maximum atomic E-state index is 12.0. The standard InChI is InChI=1S/C15H14ClNO3S/c1-11-2-8-14(9-3-11)21(19,20)17-10-15(18)12-4-6-13(16)7-5-12/h2-9,17H,10H2,1H3. The third-order valence-electron chi connectivity index (χ3n) is 2.92. The SMILES string of the molecule is Cc1ccc(S(=O)(=O)NCC(=O)c2ccc(Cl)cc2)cc1. The predicted octanol–water partition coefficient (Wildman–Crippen LogP) is 2.81. The van der Waals surface area contributed by atoms with E-state index in [1.165, 1.54) is 12.1 Å². The first-order chi connectivity index (χ1) is 9.88. The molecule has 110 valence electrons. The summed E-state index contributed by atoms with van der Waals surface area (Å²) < 4.78 is 26.4. The lowest BCUT2D eigenvalue weighted by molar-refractivity contribution is 0.0997. The Morgan fingerprint density at radius 2 is 1.62 bits per heavy atom. The summed E-state index contributed by atoms with van der Waals surface area (Å²) >= 11 is 5.74. The van der Waals surface area contributed by atoms with Crippen molar-refractivity contribution >= 4 is 27.4 Å². The van der Waals surface area contributed by atoms with E-state index < -0.39 is 10.0 Å². The van der Waals surface area contributed by atoms with Crippen molar-refractivity contribution in [1.29, 1.82) is 0 Å². The highest BCUT2D eigenvalue weighted by molar-refractivity contribution is 7.89. The molecule has 0 amide bonds. The van der Waals surface area contributed by atoms with E-state index >= 15 is 0 Å². The van der Waals surface area contributed by atoms with Gasteiger partial charge in [-0.2, -0.15) is 0 Å². The van der Waals surface area contributed by atoms with Crippen LogP contribution in [0.5, 0.6) is 0 Å². The molecule has 0 spiro atoms. The van der Waals surface area contributed by atoms with Crippen molar-refractivity contribution in [2.45, 2.75) is 11.8 Å². The number of carbonyl (C=O) groups is 1. The number of sulfonamides is 1. The van der Waals surface area contributed by atoms with Crippen molar-refractivity contribution in [2.24, 2.45) is 0 Å². The highest BCUT2D eigenvalue weighted by atomic mass is 35.5. The zero-order valence-corrected chi connectivity index (χ0v) is 12.9. The molecule has 2 aromatic rings. The maximum absolute atomic E-state index is 12.0. The monoisotopic (exact) mass is 323 g/mol. The second-order valence-electron chi connectivity index (χ2n) is 4.57. The lowest BCUT2D eigenvalue weighted by Gasteiger charge is -2.06. The van der Waals surface area contributed by atoms with Crippen LogP contribution in [0.25, 0.3) is 0 Å². The van der Waals surface area contributed by atoms with Crippen LogP contribution in [-0.2, 0) is 10.0 Å². The summed E-state index contributed by atoms with van der Waals surface area (Å²) in [4.78, 5) is 12.1. The Morgan fingerprint density at radius 3 is 2.19 bits per heavy atom. The molecule has 1 N–H and O–H groups in total. The molecule has 2 aromatic carbocycles. The van der Waals surface area contributed by atoms with Gasteiger partial charge in [0.2, 0.25) is 10.0 Å². The molecule has 0 aromatic heterocycles. The summed E-state index contributed by atoms with van der Waals surface area (Å²) in [6.45, 7) is 1.58. The largest absolute Gasteiger partial charge is 0.293 e. The van der Waals surface area contributed by atoms with Crippen LogP contribution < -0.4 is 4.72 Å². The molecule has 0 bridgehead atoms. The van der Waals surface area contributed by atoms with E-state index in [1.807, 2.05) is 6.92 Å². The fourth-order valence-electron chi connectivity index (χ4n) is 1.70. The molecule has 0 aliphatic carbocycles. The van der Waals surface area contributed by atoms with Crippen molar-refractivity contribution in [1.82, 2.24) is 4.72 Å². The predicted molar refractivity (Wildman–Crippen MR) is 82.2 cm³/mol. The lowest BCUT2D eigenvalue weighted by atomic mass is 10.1. The third-order valence-corrected chi connectivity index (χ3v) is 4.59. The van der Waals surface area contributed by atoms with Crippen LogP contribution in [0.2, 0.25) is 5.02 Å². The number of aryl methyl sites for hydroxylation is 1. The molecule has 0 heterocycles. The Bertz CT molecular complexity index is 737. The van der Waals surface area contributed by atoms with E-state index in [-0.39, 0.29) is 17.2 Å². The number of hydrogen-bond donors (Lipinski definition) is 1. The highest BCUT2D eigenvalue weighted by Crippen LogP contribution is 2.11. The van der Waals surface area contributed by atoms with Crippen LogP contribution in [0.1, 0.15) is 15.9 Å². The minimum Gasteiger partial charge on any atom is -0.293 e. The van der Waals surface area contributed by atoms with Gasteiger partial charge in [0.05, 0.1) is 11.4 Å². The summed E-state index contributed by atoms with van der Waals surface area (Å²) in [6.07, 6.45) is 0. The zero-order valence-electron chi connectivity index (χ0n) is 11.3. The molecule has 6 heteroatoms. The van der Waals surface area contributed by atoms with Gasteiger partial charge < -0.3 is 0 Å². The summed E-state index contributed by atoms with van der Waals surface area (Å²) in [7, 11) is -3.69. The van der Waals surface area contributed by atoms with Gasteiger partial charge in [0, 0.05) is 10.6 Å². The number of ketones is 1. The molecule has 0 fully saturated rings. The number of hydrogen-bond acceptors (Lipinski definition) is 3. The van der Waals surface area contributed by atoms with E-state index in [1.54, 1.807) is 36.4 Å². The zero-order chi connectivity index (χ0) is 15.5. The fraction of sp³-hybridized carbons (Fsp3) is 0.133. The number of rotatable bonds is 5. The quantitative estimate of drug-likeness (QED) is 0.861. The Labute approximate surface area is 128 Å². The number of halogens is 1. The lowest BCUT2D eigenvalue weighted by Crippen LogP contribution is -2.29. The van der Waals surface area contributed by atoms with Gasteiger partial charge in [-0.3, -0.25) is 4.79 Å². The van der Waals surface area contributed by atoms with Gasteiger partial charge in [0.1, 0.15) is 0 Å². The highest BCUT2D eigenvalue weighted by Gasteiger charge is 2.15. The number of nitrogens with one attached hydrogen (secondary N) is 1. The summed E-state index contributed by atoms with van der Waals surface area (Å²) in [5, 5.41) is 0.520. The molecule has 0 atom stereocenters. The maximum Gasteiger partial charge on any atom is 0.240 e. The van der Waals surface area contributed by atoms with Crippen molar-refractivity contribution in [3.63, 3.8) is 0 Å². The van der Waals surface area contributed by atoms with Gasteiger partial charge in [-0.25, -0.2) is 13.1 Å². The number of benzene rings is 2. The van der Waals surface area contributed by atoms with Gasteiger partial charge in [0.15, 0.2) is 5.78 Å². The first kappa shape index (κ1) is 15.7. The average molecular weight is 324 g/mol. The van der Waals surface area contributed by atoms with Crippen LogP contribution in [0, 0.1) is 6.92 Å². The first-order valence-corrected chi connectivity index (χ1v) is 8.10. The second kappa shape index (κ2) is 6.39. The molecular weight excluding hydrogens is 310 g/mol. The normalized spacial score (nSPS) is 11.3. The Hall–Kier alpha value is -1.69. The molecule has 0 aliphatic rings. The summed E-state index contributed by atoms with van der Waals surface area (Å²) in [5.41, 5.74) is 1.37. The molecule has 0 unspecified atom stereocenters. The van der Waals surface area contributed by atoms with Gasteiger partial charge in [-0.1, -0.05) is 29.3 Å². The van der Waals surface area contributed by atoms with Gasteiger partial charge in [-0.15, -0.1) is 0 Å². The van der Waals surface area contributed by atoms with Crippen LogP contribution in [0.3, 0.4) is 0 Å². The minimum absolute atomic E-state index is 0.136. The van der Waals surface area contributed by atoms with E-state index in [9.17, 15) is 13.2 Å². The van der Waals surface area contributed by atoms with Gasteiger partial charge in [0.25, 0.3) is 0 Å². The molecular formula is C15H14ClNO3S. The topological polar surface area (TPSA) is 63.2 Å². The fourth-order valence-corrected chi connectivity index (χ4v) is 2.81. The van der Waals surface area contributed by atoms with Gasteiger partial charge >= 0.3 is 0 Å². The van der Waals surface area contributed by atoms with Crippen molar-refractivity contribution in [3.8, 4) is 0 Å². The average Bonchev–Trinajstić information content (AvgIpc) is 2.46. The first-order valence-electron chi connectivity index (χ1n) is 6.23. The van der Waals surface area contributed by atoms with Crippen LogP contribution in [0.15, 0.2) is 53.4 Å². The molecule has 0 saturated heterocycles. The molecule has 4 nitrogen and oxygen atoms in total. The van der Waals surface area contributed by atoms with Crippen LogP contribution in [-0.4, -0.2) is 20.7 Å². The molecule has 2 rings (SSSR count). The second-order valence-corrected chi connectivity index (χ2v) is 6.77. The van der Waals surface area contributed by atoms with E-state index in [2.05, 4.69) is 4.72 Å². The van der Waals surface area contributed by atoms with E-state index in [4.69, 9.17) is 11.6 Å². The van der Waals surface area contributed by atoms with Crippen LogP contribution in [0.4, 0.5) is 0 Å². The molecule has 0 aliphatic heterocycles. The molecule has 0 saturated carbocycles. The Balaban J connectivity index is 2.06. The number of Topliss-reactive ketones (excluding diaryl/α,β-unsaturated/α-hetero) is 1. The summed E-state index contributed by atoms with van der Waals surface area (Å²) in [6, 6.07) is 12.7. The number of carbonyl (C=O) groups excluding carboxylic acids is 1. The van der Waals surface area contributed by atoms with E-state index in [0.717, 1.165) is 5.56 Å². The van der Waals surface area contributed by atoms with Crippen molar-refractivity contribution in [3.05, 3.63) is 64.7 Å². The van der Waals surface area contributed by atoms with Crippen LogP contribution >= 0.6 is 11.6 Å². The molecule has 0 radical (unpaired) electrons. The van der Waals surface area contributed by atoms with Crippen molar-refractivity contribution in [2.75, 3.05) is 6.54 Å². The smallest absolute Gasteiger partial charge is 0.240 e. The molecule has 21 heavy (non-hydrogen) atoms. The van der Waals surface area contributed by atoms with Crippen molar-refractivity contribution < 1.29 is 13.2 Å². The van der Waals surface area contributed by atoms with E-state index in [0.29, 0.717) is 10.6 Å². The summed E-state index contributed by atoms with van der Waals surface area (Å²) in [5.74, 6) is -0.317.